The number of para-hydroxylation sites is 1. The Hall–Kier alpha value is -3.01. The van der Waals surface area contributed by atoms with Crippen LogP contribution in [0.2, 0.25) is 0 Å². The summed E-state index contributed by atoms with van der Waals surface area (Å²) in [5, 5.41) is 5.03. The molecule has 116 valence electrons. The lowest BCUT2D eigenvalue weighted by atomic mass is 10.1. The van der Waals surface area contributed by atoms with E-state index in [-0.39, 0.29) is 0 Å². The number of nitrogens with zero attached hydrogens (tertiary/aromatic N) is 2. The summed E-state index contributed by atoms with van der Waals surface area (Å²) >= 11 is 0. The quantitative estimate of drug-likeness (QED) is 0.884. The van der Waals surface area contributed by atoms with Gasteiger partial charge in [0.25, 0.3) is 0 Å². The number of nitrogens with one attached hydrogen (secondary N) is 2. The third-order valence-corrected chi connectivity index (χ3v) is 3.70. The Bertz CT molecular complexity index is 759. The van der Waals surface area contributed by atoms with Gasteiger partial charge in [0.2, 0.25) is 0 Å². The van der Waals surface area contributed by atoms with Crippen LogP contribution in [0.3, 0.4) is 0 Å². The summed E-state index contributed by atoms with van der Waals surface area (Å²) in [4.78, 5) is 4.41. The van der Waals surface area contributed by atoms with Gasteiger partial charge in [-0.15, -0.1) is 0 Å². The van der Waals surface area contributed by atoms with Crippen LogP contribution in [0.4, 0.5) is 5.69 Å². The molecule has 0 unspecified atom stereocenters. The minimum Gasteiger partial charge on any atom is -0.367 e. The molecular weight excluding hydrogens is 284 g/mol. The lowest BCUT2D eigenvalue weighted by molar-refractivity contribution is 0.463. The predicted molar refractivity (Wildman–Crippen MR) is 95.8 cm³/mol. The van der Waals surface area contributed by atoms with Crippen LogP contribution in [-0.2, 0) is 6.54 Å². The van der Waals surface area contributed by atoms with Crippen LogP contribution in [0, 0.1) is 6.92 Å². The van der Waals surface area contributed by atoms with Gasteiger partial charge >= 0.3 is 0 Å². The molecule has 1 aliphatic rings. The van der Waals surface area contributed by atoms with Gasteiger partial charge in [0.15, 0.2) is 0 Å². The largest absolute Gasteiger partial charge is 0.367 e. The van der Waals surface area contributed by atoms with Gasteiger partial charge in [-0.1, -0.05) is 61.2 Å². The molecule has 2 aromatic carbocycles. The van der Waals surface area contributed by atoms with E-state index in [1.165, 1.54) is 11.1 Å². The fraction of sp³-hybridized carbons (Fsp3) is 0.105. The predicted octanol–water partition coefficient (Wildman–Crippen LogP) is 3.71. The first-order valence-electron chi connectivity index (χ1n) is 7.50. The first kappa shape index (κ1) is 14.9. The van der Waals surface area contributed by atoms with Crippen LogP contribution in [0.5, 0.6) is 0 Å². The Morgan fingerprint density at radius 3 is 2.65 bits per heavy atom. The minimum atomic E-state index is 0.692. The molecule has 0 fully saturated rings. The molecule has 0 aliphatic carbocycles. The summed E-state index contributed by atoms with van der Waals surface area (Å²) < 4.78 is 0. The molecule has 1 aliphatic heterocycles. The smallest absolute Gasteiger partial charge is 0.116 e. The van der Waals surface area contributed by atoms with Crippen molar-refractivity contribution >= 4 is 17.7 Å². The van der Waals surface area contributed by atoms with Crippen LogP contribution in [0.25, 0.3) is 5.70 Å². The molecule has 3 rings (SSSR count). The monoisotopic (exact) mass is 304 g/mol. The molecule has 0 atom stereocenters. The van der Waals surface area contributed by atoms with Crippen molar-refractivity contribution in [3.63, 3.8) is 0 Å². The summed E-state index contributed by atoms with van der Waals surface area (Å²) in [6.45, 7) is 10.9. The van der Waals surface area contributed by atoms with E-state index in [2.05, 4.69) is 60.1 Å². The number of hydrogen-bond acceptors (Lipinski definition) is 4. The van der Waals surface area contributed by atoms with E-state index in [1.54, 1.807) is 11.3 Å². The summed E-state index contributed by atoms with van der Waals surface area (Å²) in [6.07, 6.45) is 1.71. The lowest BCUT2D eigenvalue weighted by Gasteiger charge is -2.28. The minimum absolute atomic E-state index is 0.692. The number of hydrazine groups is 1. The summed E-state index contributed by atoms with van der Waals surface area (Å²) in [5.41, 5.74) is 8.40. The number of benzene rings is 2. The van der Waals surface area contributed by atoms with Crippen molar-refractivity contribution in [2.75, 3.05) is 0 Å². The van der Waals surface area contributed by atoms with E-state index in [0.717, 1.165) is 16.9 Å². The molecule has 0 amide bonds. The maximum atomic E-state index is 4.41. The number of aliphatic imine (C=N–C) groups is 1. The second kappa shape index (κ2) is 6.40. The Kier molecular flexibility index (Phi) is 4.15. The topological polar surface area (TPSA) is 39.7 Å². The number of hydrogen-bond donors (Lipinski definition) is 2. The lowest BCUT2D eigenvalue weighted by Crippen LogP contribution is -2.39. The zero-order valence-corrected chi connectivity index (χ0v) is 13.2. The third-order valence-electron chi connectivity index (χ3n) is 3.70. The highest BCUT2D eigenvalue weighted by Crippen LogP contribution is 2.29. The molecule has 0 aromatic heterocycles. The van der Waals surface area contributed by atoms with Crippen molar-refractivity contribution in [1.29, 1.82) is 0 Å². The number of rotatable bonds is 5. The fourth-order valence-corrected chi connectivity index (χ4v) is 2.35. The van der Waals surface area contributed by atoms with Crippen LogP contribution in [-0.4, -0.2) is 11.3 Å². The maximum absolute atomic E-state index is 4.41. The molecule has 0 bridgehead atoms. The highest BCUT2D eigenvalue weighted by atomic mass is 15.5. The van der Waals surface area contributed by atoms with E-state index >= 15 is 0 Å². The Morgan fingerprint density at radius 2 is 1.87 bits per heavy atom. The van der Waals surface area contributed by atoms with E-state index in [0.29, 0.717) is 12.4 Å². The van der Waals surface area contributed by atoms with Crippen molar-refractivity contribution in [1.82, 2.24) is 15.8 Å². The average Bonchev–Trinajstić information content (AvgIpc) is 2.57. The Labute approximate surface area is 136 Å². The molecule has 4 heteroatoms. The van der Waals surface area contributed by atoms with Gasteiger partial charge in [-0.3, -0.25) is 5.43 Å². The fourth-order valence-electron chi connectivity index (χ4n) is 2.35. The molecule has 0 radical (unpaired) electrons. The second-order valence-electron chi connectivity index (χ2n) is 5.51. The molecule has 1 heterocycles. The normalized spacial score (nSPS) is 12.7. The van der Waals surface area contributed by atoms with Crippen molar-refractivity contribution in [2.45, 2.75) is 13.5 Å². The van der Waals surface area contributed by atoms with Crippen LogP contribution in [0.15, 0.2) is 72.5 Å². The van der Waals surface area contributed by atoms with Crippen LogP contribution < -0.4 is 10.7 Å². The molecule has 2 aromatic rings. The molecule has 0 saturated heterocycles. The zero-order chi connectivity index (χ0) is 16.2. The van der Waals surface area contributed by atoms with Gasteiger partial charge in [-0.25, -0.2) is 10.0 Å². The van der Waals surface area contributed by atoms with Gasteiger partial charge in [-0.2, -0.15) is 0 Å². The van der Waals surface area contributed by atoms with Crippen molar-refractivity contribution in [2.24, 2.45) is 4.99 Å². The van der Waals surface area contributed by atoms with Crippen molar-refractivity contribution in [3.05, 3.63) is 84.2 Å². The van der Waals surface area contributed by atoms with Gasteiger partial charge < -0.3 is 5.32 Å². The molecule has 0 saturated carbocycles. The van der Waals surface area contributed by atoms with Crippen LogP contribution >= 0.6 is 0 Å². The van der Waals surface area contributed by atoms with E-state index in [9.17, 15) is 0 Å². The first-order valence-corrected chi connectivity index (χ1v) is 7.50. The molecule has 0 spiro atoms. The highest BCUT2D eigenvalue weighted by Gasteiger charge is 2.15. The van der Waals surface area contributed by atoms with E-state index < -0.39 is 0 Å². The molecular formula is C19H20N4. The maximum Gasteiger partial charge on any atom is 0.116 e. The highest BCUT2D eigenvalue weighted by molar-refractivity contribution is 5.85. The van der Waals surface area contributed by atoms with E-state index in [4.69, 9.17) is 0 Å². The van der Waals surface area contributed by atoms with E-state index in [1.807, 2.05) is 24.3 Å². The summed E-state index contributed by atoms with van der Waals surface area (Å²) in [5.74, 6) is 0.692. The summed E-state index contributed by atoms with van der Waals surface area (Å²) in [7, 11) is 0. The third kappa shape index (κ3) is 3.43. The zero-order valence-electron chi connectivity index (χ0n) is 13.2. The first-order chi connectivity index (χ1) is 11.1. The molecule has 4 nitrogen and oxygen atoms in total. The van der Waals surface area contributed by atoms with Gasteiger partial charge in [0.05, 0.1) is 11.4 Å². The van der Waals surface area contributed by atoms with Crippen molar-refractivity contribution < 1.29 is 0 Å². The van der Waals surface area contributed by atoms with Gasteiger partial charge in [0, 0.05) is 12.1 Å². The van der Waals surface area contributed by atoms with Gasteiger partial charge in [0.1, 0.15) is 12.2 Å². The summed E-state index contributed by atoms with van der Waals surface area (Å²) in [6, 6.07) is 16.3. The van der Waals surface area contributed by atoms with Crippen LogP contribution in [0.1, 0.15) is 16.7 Å². The SMILES string of the molecule is C=C(NCc1ccc(C)cc1)NN1C=Nc2ccccc2C1=C. The Balaban J connectivity index is 1.58. The van der Waals surface area contributed by atoms with Crippen molar-refractivity contribution in [3.8, 4) is 0 Å². The molecule has 23 heavy (non-hydrogen) atoms. The second-order valence-corrected chi connectivity index (χ2v) is 5.51. The number of fused-ring (bicyclic) bond motifs is 1. The van der Waals surface area contributed by atoms with Gasteiger partial charge in [-0.05, 0) is 18.6 Å². The standard InChI is InChI=1S/C19H20N4/c1-14-8-10-17(11-9-14)12-20-16(3)22-23-13-21-19-7-5-4-6-18(19)15(23)2/h4-11,13,20,22H,2-3,12H2,1H3. The number of aryl methyl sites for hydroxylation is 1. The average molecular weight is 304 g/mol. The molecule has 2 N–H and O–H groups in total. The Morgan fingerprint density at radius 1 is 1.13 bits per heavy atom.